The maximum atomic E-state index is 12.7. The molecule has 2 rings (SSSR count). The van der Waals surface area contributed by atoms with Crippen LogP contribution in [-0.4, -0.2) is 32.2 Å². The summed E-state index contributed by atoms with van der Waals surface area (Å²) in [5.41, 5.74) is 7.24. The first kappa shape index (κ1) is 15.5. The van der Waals surface area contributed by atoms with Crippen LogP contribution in [0.5, 0.6) is 0 Å². The predicted octanol–water partition coefficient (Wildman–Crippen LogP) is 2.41. The Morgan fingerprint density at radius 3 is 2.48 bits per heavy atom. The van der Waals surface area contributed by atoms with E-state index < -0.39 is 12.1 Å². The molecule has 0 atom stereocenters. The Morgan fingerprint density at radius 1 is 1.33 bits per heavy atom. The Labute approximate surface area is 121 Å². The van der Waals surface area contributed by atoms with E-state index in [2.05, 4.69) is 5.32 Å². The van der Waals surface area contributed by atoms with Crippen LogP contribution in [-0.2, 0) is 0 Å². The van der Waals surface area contributed by atoms with Crippen LogP contribution in [0.1, 0.15) is 23.2 Å². The van der Waals surface area contributed by atoms with Crippen molar-refractivity contribution in [3.63, 3.8) is 0 Å². The summed E-state index contributed by atoms with van der Waals surface area (Å²) < 4.78 is 38.1. The van der Waals surface area contributed by atoms with Crippen molar-refractivity contribution >= 4 is 17.3 Å². The molecule has 1 aromatic rings. The van der Waals surface area contributed by atoms with Gasteiger partial charge in [0.05, 0.1) is 17.2 Å². The van der Waals surface area contributed by atoms with Gasteiger partial charge in [0, 0.05) is 25.8 Å². The first-order valence-electron chi connectivity index (χ1n) is 6.76. The number of nitrogen functional groups attached to an aromatic ring is 1. The molecule has 116 valence electrons. The van der Waals surface area contributed by atoms with Gasteiger partial charge < -0.3 is 16.0 Å². The summed E-state index contributed by atoms with van der Waals surface area (Å²) in [5, 5.41) is 2.53. The number of nitrogens with zero attached hydrogens (tertiary/aromatic N) is 1. The fourth-order valence-corrected chi connectivity index (χ4v) is 2.58. The van der Waals surface area contributed by atoms with E-state index in [0.717, 1.165) is 0 Å². The lowest BCUT2D eigenvalue weighted by Gasteiger charge is -2.35. The molecule has 1 aliphatic rings. The second kappa shape index (κ2) is 5.83. The highest BCUT2D eigenvalue weighted by Crippen LogP contribution is 2.36. The van der Waals surface area contributed by atoms with Gasteiger partial charge in [-0.05, 0) is 31.0 Å². The van der Waals surface area contributed by atoms with Crippen LogP contribution < -0.4 is 16.0 Å². The molecule has 3 N–H and O–H groups in total. The molecule has 1 aromatic carbocycles. The van der Waals surface area contributed by atoms with Crippen molar-refractivity contribution in [2.45, 2.75) is 19.0 Å². The summed E-state index contributed by atoms with van der Waals surface area (Å²) in [5.74, 6) is -1.54. The molecular formula is C14H18F3N3O. The van der Waals surface area contributed by atoms with Gasteiger partial charge in [-0.25, -0.2) is 0 Å². The third kappa shape index (κ3) is 3.40. The summed E-state index contributed by atoms with van der Waals surface area (Å²) in [4.78, 5) is 13.6. The normalized spacial score (nSPS) is 16.9. The van der Waals surface area contributed by atoms with Crippen molar-refractivity contribution in [1.29, 1.82) is 0 Å². The molecular weight excluding hydrogens is 283 g/mol. The summed E-state index contributed by atoms with van der Waals surface area (Å²) in [6, 6.07) is 4.84. The van der Waals surface area contributed by atoms with E-state index in [-0.39, 0.29) is 31.8 Å². The van der Waals surface area contributed by atoms with Gasteiger partial charge in [0.1, 0.15) is 0 Å². The highest BCUT2D eigenvalue weighted by molar-refractivity contribution is 6.00. The van der Waals surface area contributed by atoms with Crippen LogP contribution >= 0.6 is 0 Å². The molecule has 0 bridgehead atoms. The van der Waals surface area contributed by atoms with E-state index in [1.165, 1.54) is 7.05 Å². The van der Waals surface area contributed by atoms with Gasteiger partial charge in [-0.1, -0.05) is 0 Å². The van der Waals surface area contributed by atoms with E-state index in [1.807, 2.05) is 0 Å². The van der Waals surface area contributed by atoms with E-state index in [4.69, 9.17) is 5.73 Å². The quantitative estimate of drug-likeness (QED) is 0.825. The standard InChI is InChI=1S/C14H18F3N3O/c1-19-13(21)11-3-2-10(18)8-12(11)20-6-4-9(5-7-20)14(15,16)17/h2-3,8-9H,4-7,18H2,1H3,(H,19,21). The zero-order valence-electron chi connectivity index (χ0n) is 11.7. The van der Waals surface area contributed by atoms with Crippen molar-refractivity contribution in [1.82, 2.24) is 5.32 Å². The summed E-state index contributed by atoms with van der Waals surface area (Å²) in [7, 11) is 1.51. The van der Waals surface area contributed by atoms with Gasteiger partial charge in [0.2, 0.25) is 0 Å². The minimum Gasteiger partial charge on any atom is -0.399 e. The van der Waals surface area contributed by atoms with Gasteiger partial charge in [-0.2, -0.15) is 13.2 Å². The molecule has 1 amide bonds. The molecule has 0 spiro atoms. The molecule has 1 saturated heterocycles. The van der Waals surface area contributed by atoms with Crippen molar-refractivity contribution in [2.24, 2.45) is 5.92 Å². The number of rotatable bonds is 2. The lowest BCUT2D eigenvalue weighted by Crippen LogP contribution is -2.40. The fraction of sp³-hybridized carbons (Fsp3) is 0.500. The van der Waals surface area contributed by atoms with Crippen LogP contribution in [0.4, 0.5) is 24.5 Å². The Hall–Kier alpha value is -1.92. The largest absolute Gasteiger partial charge is 0.399 e. The molecule has 0 aliphatic carbocycles. The molecule has 0 saturated carbocycles. The first-order valence-corrected chi connectivity index (χ1v) is 6.76. The van der Waals surface area contributed by atoms with Gasteiger partial charge >= 0.3 is 6.18 Å². The van der Waals surface area contributed by atoms with Crippen LogP contribution in [0.15, 0.2) is 18.2 Å². The van der Waals surface area contributed by atoms with Crippen LogP contribution in [0.2, 0.25) is 0 Å². The summed E-state index contributed by atoms with van der Waals surface area (Å²) in [6.07, 6.45) is -4.08. The Bertz CT molecular complexity index is 523. The Morgan fingerprint density at radius 2 is 1.95 bits per heavy atom. The first-order chi connectivity index (χ1) is 9.82. The molecule has 0 aromatic heterocycles. The maximum absolute atomic E-state index is 12.7. The summed E-state index contributed by atoms with van der Waals surface area (Å²) in [6.45, 7) is 0.523. The molecule has 0 radical (unpaired) electrons. The van der Waals surface area contributed by atoms with Gasteiger partial charge in [0.15, 0.2) is 0 Å². The average Bonchev–Trinajstić information content (AvgIpc) is 2.45. The molecule has 0 unspecified atom stereocenters. The third-order valence-electron chi connectivity index (χ3n) is 3.79. The van der Waals surface area contributed by atoms with Crippen molar-refractivity contribution in [3.8, 4) is 0 Å². The Balaban J connectivity index is 2.20. The minimum absolute atomic E-state index is 0.0332. The van der Waals surface area contributed by atoms with Crippen molar-refractivity contribution in [3.05, 3.63) is 23.8 Å². The molecule has 21 heavy (non-hydrogen) atoms. The molecule has 4 nitrogen and oxygen atoms in total. The number of alkyl halides is 3. The van der Waals surface area contributed by atoms with Gasteiger partial charge in [0.25, 0.3) is 5.91 Å². The average molecular weight is 301 g/mol. The second-order valence-corrected chi connectivity index (χ2v) is 5.16. The predicted molar refractivity (Wildman–Crippen MR) is 75.2 cm³/mol. The number of anilines is 2. The number of carbonyl (C=O) groups excluding carboxylic acids is 1. The maximum Gasteiger partial charge on any atom is 0.391 e. The van der Waals surface area contributed by atoms with E-state index in [1.54, 1.807) is 23.1 Å². The second-order valence-electron chi connectivity index (χ2n) is 5.16. The zero-order valence-corrected chi connectivity index (χ0v) is 11.7. The van der Waals surface area contributed by atoms with Crippen LogP contribution in [0, 0.1) is 5.92 Å². The monoisotopic (exact) mass is 301 g/mol. The number of halogens is 3. The minimum atomic E-state index is -4.15. The van der Waals surface area contributed by atoms with Gasteiger partial charge in [-0.3, -0.25) is 4.79 Å². The fourth-order valence-electron chi connectivity index (χ4n) is 2.58. The number of nitrogens with two attached hydrogens (primary N) is 1. The third-order valence-corrected chi connectivity index (χ3v) is 3.79. The van der Waals surface area contributed by atoms with Crippen LogP contribution in [0.25, 0.3) is 0 Å². The molecule has 1 heterocycles. The van der Waals surface area contributed by atoms with E-state index >= 15 is 0 Å². The molecule has 1 aliphatic heterocycles. The van der Waals surface area contributed by atoms with Gasteiger partial charge in [-0.15, -0.1) is 0 Å². The SMILES string of the molecule is CNC(=O)c1ccc(N)cc1N1CCC(C(F)(F)F)CC1. The van der Waals surface area contributed by atoms with Crippen molar-refractivity contribution in [2.75, 3.05) is 30.8 Å². The lowest BCUT2D eigenvalue weighted by molar-refractivity contribution is -0.179. The number of benzene rings is 1. The summed E-state index contributed by atoms with van der Waals surface area (Å²) >= 11 is 0. The Kier molecular flexibility index (Phi) is 4.29. The number of hydrogen-bond donors (Lipinski definition) is 2. The lowest BCUT2D eigenvalue weighted by atomic mass is 9.95. The zero-order chi connectivity index (χ0) is 15.6. The number of piperidine rings is 1. The van der Waals surface area contributed by atoms with Crippen molar-refractivity contribution < 1.29 is 18.0 Å². The van der Waals surface area contributed by atoms with E-state index in [0.29, 0.717) is 16.9 Å². The number of amides is 1. The highest BCUT2D eigenvalue weighted by atomic mass is 19.4. The highest BCUT2D eigenvalue weighted by Gasteiger charge is 2.41. The van der Waals surface area contributed by atoms with E-state index in [9.17, 15) is 18.0 Å². The smallest absolute Gasteiger partial charge is 0.391 e. The number of nitrogens with one attached hydrogen (secondary N) is 1. The molecule has 1 fully saturated rings. The topological polar surface area (TPSA) is 58.4 Å². The van der Waals surface area contributed by atoms with Crippen LogP contribution in [0.3, 0.4) is 0 Å². The number of carbonyl (C=O) groups is 1. The molecule has 7 heteroatoms. The number of hydrogen-bond acceptors (Lipinski definition) is 3.